The molecule has 1 aromatic heterocycles. The van der Waals surface area contributed by atoms with Gasteiger partial charge in [0.1, 0.15) is 17.7 Å². The second kappa shape index (κ2) is 10.6. The molecule has 2 atom stereocenters. The number of nitrogens with zero attached hydrogens (tertiary/aromatic N) is 1. The summed E-state index contributed by atoms with van der Waals surface area (Å²) in [7, 11) is 0. The van der Waals surface area contributed by atoms with Crippen LogP contribution < -0.4 is 43.2 Å². The number of carbonyl (C=O) groups is 1. The Balaban J connectivity index is 1.67. The van der Waals surface area contributed by atoms with Crippen LogP contribution in [0.4, 0.5) is 0 Å². The smallest absolute Gasteiger partial charge is 0.258 e. The van der Waals surface area contributed by atoms with E-state index in [0.717, 1.165) is 29.0 Å². The summed E-state index contributed by atoms with van der Waals surface area (Å²) in [4.78, 5) is 25.9. The Morgan fingerprint density at radius 3 is 2.88 bits per heavy atom. The first-order valence-electron chi connectivity index (χ1n) is 11.2. The fourth-order valence-corrected chi connectivity index (χ4v) is 5.40. The Kier molecular flexibility index (Phi) is 7.59. The minimum absolute atomic E-state index is 0.0236. The quantitative estimate of drug-likeness (QED) is 0.136. The number of hydrogen-bond acceptors (Lipinski definition) is 9. The van der Waals surface area contributed by atoms with Crippen LogP contribution in [-0.4, -0.2) is 41.3 Å². The average molecular weight is 486 g/mol. The van der Waals surface area contributed by atoms with E-state index in [1.165, 1.54) is 9.47 Å². The van der Waals surface area contributed by atoms with Crippen molar-refractivity contribution in [2.75, 3.05) is 13.3 Å². The summed E-state index contributed by atoms with van der Waals surface area (Å²) in [6.45, 7) is 4.99. The molecule has 182 valence electrons. The maximum Gasteiger partial charge on any atom is 0.258 e. The second-order valence-corrected chi connectivity index (χ2v) is 9.66. The predicted octanol–water partition coefficient (Wildman–Crippen LogP) is 0.449. The van der Waals surface area contributed by atoms with E-state index in [1.54, 1.807) is 30.1 Å². The molecule has 34 heavy (non-hydrogen) atoms. The van der Waals surface area contributed by atoms with Crippen molar-refractivity contribution >= 4 is 23.4 Å². The van der Waals surface area contributed by atoms with Crippen molar-refractivity contribution in [3.05, 3.63) is 57.4 Å². The van der Waals surface area contributed by atoms with E-state index in [4.69, 9.17) is 16.3 Å². The molecule has 0 aliphatic carbocycles. The van der Waals surface area contributed by atoms with Crippen molar-refractivity contribution in [1.82, 2.24) is 25.9 Å². The maximum atomic E-state index is 13.1. The Morgan fingerprint density at radius 1 is 1.32 bits per heavy atom. The maximum absolute atomic E-state index is 13.1. The number of rotatable bonds is 8. The van der Waals surface area contributed by atoms with E-state index in [-0.39, 0.29) is 29.7 Å². The van der Waals surface area contributed by atoms with Gasteiger partial charge in [-0.05, 0) is 43.7 Å². The van der Waals surface area contributed by atoms with Crippen LogP contribution in [0.2, 0.25) is 0 Å². The molecule has 2 aliphatic heterocycles. The molecule has 3 heterocycles. The molecular formula is C23H31N7O3S. The van der Waals surface area contributed by atoms with Gasteiger partial charge in [-0.1, -0.05) is 6.07 Å². The topological polar surface area (TPSA) is 148 Å². The van der Waals surface area contributed by atoms with Gasteiger partial charge in [0.25, 0.3) is 11.5 Å². The molecule has 0 radical (unpaired) electrons. The van der Waals surface area contributed by atoms with E-state index >= 15 is 0 Å². The molecule has 10 nitrogen and oxygen atoms in total. The standard InChI is InChI=1S/C23H31N7O3S/c1-13(2)27-21(26-12-24)22-28-20-16-10-14(5-6-17(16)33-9-7-18(20)34-22)15-4-3-8-30(23(15)32)11-19(31)29-25/h3-6,8,10,13,21-22,26-28H,7,9,11-12,24-25H2,1-2H3,(H,29,31). The number of aromatic nitrogens is 1. The number of hydrogen-bond donors (Lipinski definition) is 6. The monoisotopic (exact) mass is 485 g/mol. The zero-order valence-electron chi connectivity index (χ0n) is 19.3. The van der Waals surface area contributed by atoms with Crippen LogP contribution in [0.3, 0.4) is 0 Å². The van der Waals surface area contributed by atoms with Gasteiger partial charge >= 0.3 is 0 Å². The van der Waals surface area contributed by atoms with E-state index in [9.17, 15) is 9.59 Å². The predicted molar refractivity (Wildman–Crippen MR) is 134 cm³/mol. The van der Waals surface area contributed by atoms with Crippen molar-refractivity contribution in [2.45, 2.75) is 44.4 Å². The Bertz CT molecular complexity index is 1150. The first kappa shape index (κ1) is 24.3. The zero-order chi connectivity index (χ0) is 24.2. The van der Waals surface area contributed by atoms with E-state index in [0.29, 0.717) is 18.8 Å². The average Bonchev–Trinajstić information content (AvgIpc) is 3.16. The van der Waals surface area contributed by atoms with Crippen molar-refractivity contribution < 1.29 is 9.53 Å². The molecule has 0 saturated heterocycles. The van der Waals surface area contributed by atoms with Crippen LogP contribution in [0.15, 0.2) is 46.2 Å². The number of carbonyl (C=O) groups excluding carboxylic acids is 1. The molecule has 8 N–H and O–H groups in total. The highest BCUT2D eigenvalue weighted by molar-refractivity contribution is 8.04. The molecule has 4 rings (SSSR count). The van der Waals surface area contributed by atoms with Crippen LogP contribution in [0, 0.1) is 0 Å². The molecule has 1 aromatic carbocycles. The van der Waals surface area contributed by atoms with Crippen molar-refractivity contribution in [3.63, 3.8) is 0 Å². The molecule has 0 spiro atoms. The van der Waals surface area contributed by atoms with E-state index in [2.05, 4.69) is 35.2 Å². The van der Waals surface area contributed by atoms with Gasteiger partial charge in [-0.15, -0.1) is 11.8 Å². The van der Waals surface area contributed by atoms with Gasteiger partial charge in [-0.2, -0.15) is 0 Å². The van der Waals surface area contributed by atoms with E-state index in [1.807, 2.05) is 18.2 Å². The largest absolute Gasteiger partial charge is 0.493 e. The lowest BCUT2D eigenvalue weighted by Crippen LogP contribution is -2.56. The van der Waals surface area contributed by atoms with Crippen molar-refractivity contribution in [2.24, 2.45) is 11.6 Å². The number of benzene rings is 1. The number of thioether (sulfide) groups is 1. The zero-order valence-corrected chi connectivity index (χ0v) is 20.1. The molecule has 1 amide bonds. The van der Waals surface area contributed by atoms with Gasteiger partial charge in [0.15, 0.2) is 0 Å². The number of pyridine rings is 1. The highest BCUT2D eigenvalue weighted by atomic mass is 32.2. The third kappa shape index (κ3) is 5.13. The van der Waals surface area contributed by atoms with Crippen LogP contribution in [0.25, 0.3) is 16.8 Å². The number of nitrogens with two attached hydrogens (primary N) is 2. The fourth-order valence-electron chi connectivity index (χ4n) is 4.12. The molecule has 2 aliphatic rings. The summed E-state index contributed by atoms with van der Waals surface area (Å²) < 4.78 is 7.35. The third-order valence-corrected chi connectivity index (χ3v) is 6.97. The SMILES string of the molecule is CC(C)NC(NCN)C1NC2=C(CCOc3ccc(-c4cccn(CC(=O)NN)c4=O)cc32)S1. The molecule has 0 bridgehead atoms. The summed E-state index contributed by atoms with van der Waals surface area (Å²) in [5.74, 6) is 5.50. The van der Waals surface area contributed by atoms with Gasteiger partial charge in [0, 0.05) is 41.4 Å². The number of fused-ring (bicyclic) bond motifs is 2. The lowest BCUT2D eigenvalue weighted by Gasteiger charge is -2.28. The first-order chi connectivity index (χ1) is 16.4. The summed E-state index contributed by atoms with van der Waals surface area (Å²) in [6.07, 6.45) is 2.33. The molecule has 0 fully saturated rings. The lowest BCUT2D eigenvalue weighted by molar-refractivity contribution is -0.121. The summed E-state index contributed by atoms with van der Waals surface area (Å²) in [5, 5.41) is 10.5. The van der Waals surface area contributed by atoms with Crippen LogP contribution in [-0.2, 0) is 11.3 Å². The van der Waals surface area contributed by atoms with Gasteiger partial charge < -0.3 is 20.4 Å². The Morgan fingerprint density at radius 2 is 2.15 bits per heavy atom. The number of ether oxygens (including phenoxy) is 1. The van der Waals surface area contributed by atoms with Crippen molar-refractivity contribution in [3.8, 4) is 16.9 Å². The van der Waals surface area contributed by atoms with Gasteiger partial charge in [0.2, 0.25) is 0 Å². The van der Waals surface area contributed by atoms with Crippen LogP contribution >= 0.6 is 11.8 Å². The summed E-state index contributed by atoms with van der Waals surface area (Å²) in [5.41, 5.74) is 10.7. The van der Waals surface area contributed by atoms with Gasteiger partial charge in [-0.3, -0.25) is 25.6 Å². The number of hydrazine groups is 1. The van der Waals surface area contributed by atoms with Crippen molar-refractivity contribution in [1.29, 1.82) is 0 Å². The normalized spacial score (nSPS) is 18.0. The number of nitrogens with one attached hydrogen (secondary N) is 4. The van der Waals surface area contributed by atoms with Crippen LogP contribution in [0.5, 0.6) is 5.75 Å². The highest BCUT2D eigenvalue weighted by Gasteiger charge is 2.33. The summed E-state index contributed by atoms with van der Waals surface area (Å²) in [6, 6.07) is 9.51. The second-order valence-electron chi connectivity index (χ2n) is 8.42. The molecule has 11 heteroatoms. The number of amides is 1. The molecule has 2 aromatic rings. The van der Waals surface area contributed by atoms with E-state index < -0.39 is 5.91 Å². The Hall–Kier alpha value is -2.83. The van der Waals surface area contributed by atoms with Gasteiger partial charge in [0.05, 0.1) is 18.5 Å². The first-order valence-corrected chi connectivity index (χ1v) is 12.1. The molecular weight excluding hydrogens is 454 g/mol. The van der Waals surface area contributed by atoms with Crippen LogP contribution in [0.1, 0.15) is 25.8 Å². The summed E-state index contributed by atoms with van der Waals surface area (Å²) >= 11 is 1.76. The minimum Gasteiger partial charge on any atom is -0.493 e. The molecule has 2 unspecified atom stereocenters. The lowest BCUT2D eigenvalue weighted by atomic mass is 10.0. The van der Waals surface area contributed by atoms with Gasteiger partial charge in [-0.25, -0.2) is 5.84 Å². The highest BCUT2D eigenvalue weighted by Crippen LogP contribution is 2.43. The molecule has 0 saturated carbocycles. The fraction of sp³-hybridized carbons (Fsp3) is 0.391. The third-order valence-electron chi connectivity index (χ3n) is 5.63. The Labute approximate surface area is 202 Å². The minimum atomic E-state index is -0.446.